The van der Waals surface area contributed by atoms with Crippen molar-refractivity contribution in [3.05, 3.63) is 48.4 Å². The molecule has 5 heterocycles. The molecule has 204 valence electrons. The molecule has 0 spiro atoms. The molecule has 8 nitrogen and oxygen atoms in total. The van der Waals surface area contributed by atoms with Gasteiger partial charge < -0.3 is 14.7 Å². The van der Waals surface area contributed by atoms with E-state index in [1.54, 1.807) is 0 Å². The van der Waals surface area contributed by atoms with E-state index in [2.05, 4.69) is 71.5 Å². The first-order chi connectivity index (χ1) is 19.0. The van der Waals surface area contributed by atoms with Crippen molar-refractivity contribution in [2.24, 2.45) is 11.8 Å². The minimum absolute atomic E-state index is 0.0867. The molecular formula is C31H39N7O. The standard InChI is InChI=1S/C31H39N7O/c1-22(2)37-12-10-26(20-37)25-7-8-28(33-19-25)27-17-30-29(9-11-34-38(30)21-27)35-13-15-36(16-14-35)31(39)24-5-3-23(18-32)4-6-24/h7-9,11,17,19,21-24,26H,3-6,10,12-16,20H2,1-2H3/t23?,24?,26-/m1/s1. The molecule has 0 aromatic carbocycles. The Morgan fingerprint density at radius 1 is 1.03 bits per heavy atom. The number of hydrogen-bond acceptors (Lipinski definition) is 6. The summed E-state index contributed by atoms with van der Waals surface area (Å²) in [6, 6.07) is 11.6. The summed E-state index contributed by atoms with van der Waals surface area (Å²) in [5.74, 6) is 1.06. The van der Waals surface area contributed by atoms with Gasteiger partial charge in [-0.1, -0.05) is 6.07 Å². The minimum atomic E-state index is 0.0867. The number of nitriles is 1. The largest absolute Gasteiger partial charge is 0.366 e. The number of amides is 1. The fourth-order valence-corrected chi connectivity index (χ4v) is 6.65. The summed E-state index contributed by atoms with van der Waals surface area (Å²) in [5, 5.41) is 13.7. The molecule has 2 aliphatic heterocycles. The molecule has 0 bridgehead atoms. The Labute approximate surface area is 231 Å². The molecule has 1 saturated carbocycles. The van der Waals surface area contributed by atoms with E-state index >= 15 is 0 Å². The molecule has 0 radical (unpaired) electrons. The van der Waals surface area contributed by atoms with E-state index in [-0.39, 0.29) is 17.7 Å². The number of aromatic nitrogens is 3. The average Bonchev–Trinajstić information content (AvgIpc) is 3.65. The van der Waals surface area contributed by atoms with Crippen molar-refractivity contribution in [1.82, 2.24) is 24.4 Å². The molecule has 1 aliphatic carbocycles. The molecule has 3 aromatic heterocycles. The Kier molecular flexibility index (Phi) is 7.26. The average molecular weight is 526 g/mol. The van der Waals surface area contributed by atoms with Crippen LogP contribution in [0.15, 0.2) is 42.9 Å². The molecule has 1 amide bonds. The minimum Gasteiger partial charge on any atom is -0.366 e. The van der Waals surface area contributed by atoms with Gasteiger partial charge in [0.25, 0.3) is 0 Å². The molecule has 8 heteroatoms. The van der Waals surface area contributed by atoms with Crippen molar-refractivity contribution in [2.45, 2.75) is 57.9 Å². The SMILES string of the molecule is CC(C)N1CC[C@@H](c2ccc(-c3cc4c(N5CCN(C(=O)C6CCC(C#N)CC6)CC5)ccnn4c3)nc2)C1. The van der Waals surface area contributed by atoms with Crippen LogP contribution in [-0.4, -0.2) is 75.6 Å². The Bertz CT molecular complexity index is 1340. The van der Waals surface area contributed by atoms with E-state index in [0.717, 1.165) is 87.4 Å². The van der Waals surface area contributed by atoms with Gasteiger partial charge in [-0.2, -0.15) is 10.4 Å². The van der Waals surface area contributed by atoms with Crippen molar-refractivity contribution in [1.29, 1.82) is 5.26 Å². The van der Waals surface area contributed by atoms with Crippen LogP contribution in [0.1, 0.15) is 57.4 Å². The molecule has 1 atom stereocenters. The molecular weight excluding hydrogens is 486 g/mol. The third kappa shape index (κ3) is 5.25. The van der Waals surface area contributed by atoms with Gasteiger partial charge >= 0.3 is 0 Å². The zero-order valence-corrected chi connectivity index (χ0v) is 23.2. The van der Waals surface area contributed by atoms with Crippen LogP contribution in [-0.2, 0) is 4.79 Å². The van der Waals surface area contributed by atoms with Gasteiger partial charge in [-0.25, -0.2) is 4.52 Å². The highest BCUT2D eigenvalue weighted by atomic mass is 16.2. The van der Waals surface area contributed by atoms with E-state index in [1.807, 2.05) is 15.6 Å². The van der Waals surface area contributed by atoms with Crippen LogP contribution < -0.4 is 4.90 Å². The number of hydrogen-bond donors (Lipinski definition) is 0. The maximum Gasteiger partial charge on any atom is 0.225 e. The fourth-order valence-electron chi connectivity index (χ4n) is 6.65. The lowest BCUT2D eigenvalue weighted by atomic mass is 9.82. The van der Waals surface area contributed by atoms with Crippen LogP contribution in [0.5, 0.6) is 0 Å². The lowest BCUT2D eigenvalue weighted by Crippen LogP contribution is -2.50. The highest BCUT2D eigenvalue weighted by Crippen LogP contribution is 2.32. The van der Waals surface area contributed by atoms with Gasteiger partial charge in [0.1, 0.15) is 0 Å². The van der Waals surface area contributed by atoms with Crippen molar-refractivity contribution in [3.63, 3.8) is 0 Å². The zero-order chi connectivity index (χ0) is 26.9. The van der Waals surface area contributed by atoms with Crippen LogP contribution in [0.4, 0.5) is 5.69 Å². The van der Waals surface area contributed by atoms with Gasteiger partial charge in [-0.05, 0) is 82.2 Å². The summed E-state index contributed by atoms with van der Waals surface area (Å²) in [5.41, 5.74) is 5.58. The van der Waals surface area contributed by atoms with E-state index in [9.17, 15) is 4.79 Å². The van der Waals surface area contributed by atoms with E-state index in [1.165, 1.54) is 12.0 Å². The maximum atomic E-state index is 13.1. The second-order valence-corrected chi connectivity index (χ2v) is 11.8. The van der Waals surface area contributed by atoms with Crippen molar-refractivity contribution >= 4 is 17.1 Å². The zero-order valence-electron chi connectivity index (χ0n) is 23.2. The van der Waals surface area contributed by atoms with Crippen LogP contribution in [0.25, 0.3) is 16.8 Å². The lowest BCUT2D eigenvalue weighted by Gasteiger charge is -2.38. The number of piperazine rings is 1. The van der Waals surface area contributed by atoms with Gasteiger partial charge in [0.05, 0.1) is 23.0 Å². The maximum absolute atomic E-state index is 13.1. The molecule has 3 aromatic rings. The van der Waals surface area contributed by atoms with Gasteiger partial charge in [0, 0.05) is 74.8 Å². The summed E-state index contributed by atoms with van der Waals surface area (Å²) in [7, 11) is 0. The smallest absolute Gasteiger partial charge is 0.225 e. The van der Waals surface area contributed by atoms with Crippen LogP contribution >= 0.6 is 0 Å². The predicted molar refractivity (Wildman–Crippen MR) is 152 cm³/mol. The number of fused-ring (bicyclic) bond motifs is 1. The first kappa shape index (κ1) is 25.8. The predicted octanol–water partition coefficient (Wildman–Crippen LogP) is 4.57. The number of carbonyl (C=O) groups excluding carboxylic acids is 1. The fraction of sp³-hybridized carbons (Fsp3) is 0.548. The first-order valence-electron chi connectivity index (χ1n) is 14.6. The molecule has 0 N–H and O–H groups in total. The monoisotopic (exact) mass is 525 g/mol. The number of carbonyl (C=O) groups is 1. The quantitative estimate of drug-likeness (QED) is 0.485. The lowest BCUT2D eigenvalue weighted by molar-refractivity contribution is -0.137. The second kappa shape index (κ2) is 11.0. The Morgan fingerprint density at radius 2 is 1.82 bits per heavy atom. The van der Waals surface area contributed by atoms with Crippen LogP contribution in [0, 0.1) is 23.2 Å². The van der Waals surface area contributed by atoms with Gasteiger partial charge in [-0.3, -0.25) is 9.78 Å². The summed E-state index contributed by atoms with van der Waals surface area (Å²) in [6.45, 7) is 9.90. The normalized spacial score (nSPS) is 24.4. The number of anilines is 1. The molecule has 39 heavy (non-hydrogen) atoms. The molecule has 3 fully saturated rings. The van der Waals surface area contributed by atoms with Crippen molar-refractivity contribution < 1.29 is 4.79 Å². The number of likely N-dealkylation sites (tertiary alicyclic amines) is 1. The van der Waals surface area contributed by atoms with Gasteiger partial charge in [-0.15, -0.1) is 0 Å². The summed E-state index contributed by atoms with van der Waals surface area (Å²) >= 11 is 0. The Balaban J connectivity index is 1.12. The second-order valence-electron chi connectivity index (χ2n) is 11.8. The highest BCUT2D eigenvalue weighted by Gasteiger charge is 2.31. The first-order valence-corrected chi connectivity index (χ1v) is 14.6. The van der Waals surface area contributed by atoms with Crippen LogP contribution in [0.3, 0.4) is 0 Å². The number of pyridine rings is 1. The third-order valence-corrected chi connectivity index (χ3v) is 9.18. The summed E-state index contributed by atoms with van der Waals surface area (Å²) in [6.07, 6.45) is 10.6. The Morgan fingerprint density at radius 3 is 2.49 bits per heavy atom. The molecule has 3 aliphatic rings. The van der Waals surface area contributed by atoms with E-state index in [4.69, 9.17) is 10.2 Å². The molecule has 2 saturated heterocycles. The highest BCUT2D eigenvalue weighted by molar-refractivity contribution is 5.81. The Hall–Kier alpha value is -3.44. The van der Waals surface area contributed by atoms with Crippen molar-refractivity contribution in [2.75, 3.05) is 44.2 Å². The van der Waals surface area contributed by atoms with Crippen LogP contribution in [0.2, 0.25) is 0 Å². The van der Waals surface area contributed by atoms with E-state index < -0.39 is 0 Å². The molecule has 6 rings (SSSR count). The number of rotatable bonds is 5. The summed E-state index contributed by atoms with van der Waals surface area (Å²) < 4.78 is 1.95. The number of nitrogens with zero attached hydrogens (tertiary/aromatic N) is 7. The van der Waals surface area contributed by atoms with E-state index in [0.29, 0.717) is 12.0 Å². The third-order valence-electron chi connectivity index (χ3n) is 9.18. The topological polar surface area (TPSA) is 80.8 Å². The van der Waals surface area contributed by atoms with Gasteiger partial charge in [0.2, 0.25) is 5.91 Å². The summed E-state index contributed by atoms with van der Waals surface area (Å²) in [4.78, 5) is 24.9. The van der Waals surface area contributed by atoms with Gasteiger partial charge in [0.15, 0.2) is 0 Å². The molecule has 0 unspecified atom stereocenters. The van der Waals surface area contributed by atoms with Crippen molar-refractivity contribution in [3.8, 4) is 17.3 Å².